The van der Waals surface area contributed by atoms with Gasteiger partial charge in [0.2, 0.25) is 0 Å². The number of para-hydroxylation sites is 2. The zero-order valence-corrected chi connectivity index (χ0v) is 25.1. The van der Waals surface area contributed by atoms with Crippen LogP contribution in [0.4, 0.5) is 0 Å². The lowest BCUT2D eigenvalue weighted by Gasteiger charge is -2.12. The second-order valence-electron chi connectivity index (χ2n) is 11.8. The van der Waals surface area contributed by atoms with Crippen molar-refractivity contribution in [1.82, 2.24) is 9.13 Å². The number of aromatic nitrogens is 2. The van der Waals surface area contributed by atoms with Crippen LogP contribution < -0.4 is 0 Å². The molecule has 10 aromatic rings. The molecule has 7 aromatic carbocycles. The van der Waals surface area contributed by atoms with E-state index in [2.05, 4.69) is 167 Å². The Bertz CT molecular complexity index is 2740. The largest absolute Gasteiger partial charge is 0.309 e. The molecule has 3 heterocycles. The molecular weight excluding hydrogens is 565 g/mol. The summed E-state index contributed by atoms with van der Waals surface area (Å²) in [5.41, 5.74) is 9.65. The third-order valence-corrected chi connectivity index (χ3v) is 10.4. The summed E-state index contributed by atoms with van der Waals surface area (Å²) in [7, 11) is 0. The zero-order chi connectivity index (χ0) is 29.5. The lowest BCUT2D eigenvalue weighted by atomic mass is 10.1. The van der Waals surface area contributed by atoms with Crippen LogP contribution in [0.3, 0.4) is 0 Å². The Labute approximate surface area is 263 Å². The molecule has 0 spiro atoms. The molecule has 10 rings (SSSR count). The summed E-state index contributed by atoms with van der Waals surface area (Å²) < 4.78 is 7.55. The third-order valence-electron chi connectivity index (χ3n) is 9.28. The predicted octanol–water partition coefficient (Wildman–Crippen LogP) is 11.9. The first-order chi connectivity index (χ1) is 22.3. The van der Waals surface area contributed by atoms with Crippen molar-refractivity contribution >= 4 is 75.1 Å². The number of nitrogens with zero attached hydrogens (tertiary/aromatic N) is 2. The van der Waals surface area contributed by atoms with Crippen molar-refractivity contribution in [3.63, 3.8) is 0 Å². The molecule has 0 N–H and O–H groups in total. The van der Waals surface area contributed by atoms with E-state index in [1.165, 1.54) is 80.6 Å². The minimum atomic E-state index is 1.16. The molecule has 2 nitrogen and oxygen atoms in total. The predicted molar refractivity (Wildman–Crippen MR) is 193 cm³/mol. The number of thiophene rings is 1. The second kappa shape index (κ2) is 9.43. The van der Waals surface area contributed by atoms with Gasteiger partial charge in [-0.1, -0.05) is 97.1 Å². The topological polar surface area (TPSA) is 9.86 Å². The van der Waals surface area contributed by atoms with E-state index in [9.17, 15) is 0 Å². The summed E-state index contributed by atoms with van der Waals surface area (Å²) >= 11 is 1.88. The summed E-state index contributed by atoms with van der Waals surface area (Å²) in [6.45, 7) is 0. The van der Waals surface area contributed by atoms with Crippen molar-refractivity contribution in [2.24, 2.45) is 0 Å². The first kappa shape index (κ1) is 24.8. The van der Waals surface area contributed by atoms with Crippen LogP contribution in [0.15, 0.2) is 158 Å². The fraction of sp³-hybridized carbons (Fsp3) is 0. The van der Waals surface area contributed by atoms with Gasteiger partial charge in [-0.15, -0.1) is 11.3 Å². The number of fused-ring (bicyclic) bond motifs is 9. The Morgan fingerprint density at radius 3 is 1.76 bits per heavy atom. The molecule has 0 saturated heterocycles. The number of hydrogen-bond donors (Lipinski definition) is 0. The molecule has 0 atom stereocenters. The van der Waals surface area contributed by atoms with Gasteiger partial charge in [0.25, 0.3) is 0 Å². The quantitative estimate of drug-likeness (QED) is 0.194. The molecule has 0 aliphatic rings. The van der Waals surface area contributed by atoms with Crippen LogP contribution in [-0.4, -0.2) is 9.13 Å². The molecule has 210 valence electrons. The molecular formula is C42H26N2S. The molecule has 45 heavy (non-hydrogen) atoms. The van der Waals surface area contributed by atoms with Gasteiger partial charge in [-0.25, -0.2) is 0 Å². The maximum Gasteiger partial charge on any atom is 0.0562 e. The Morgan fingerprint density at radius 1 is 0.311 bits per heavy atom. The van der Waals surface area contributed by atoms with Gasteiger partial charge >= 0.3 is 0 Å². The van der Waals surface area contributed by atoms with Crippen molar-refractivity contribution in [3.8, 4) is 22.5 Å². The number of rotatable bonds is 3. The summed E-state index contributed by atoms with van der Waals surface area (Å²) in [6, 6.07) is 57.7. The fourth-order valence-corrected chi connectivity index (χ4v) is 8.41. The average Bonchev–Trinajstić information content (AvgIpc) is 3.74. The Balaban J connectivity index is 1.38. The van der Waals surface area contributed by atoms with E-state index >= 15 is 0 Å². The van der Waals surface area contributed by atoms with Crippen molar-refractivity contribution in [3.05, 3.63) is 158 Å². The summed E-state index contributed by atoms with van der Waals surface area (Å²) in [6.07, 6.45) is 0. The first-order valence-electron chi connectivity index (χ1n) is 15.4. The van der Waals surface area contributed by atoms with E-state index in [0.717, 1.165) is 5.69 Å². The average molecular weight is 591 g/mol. The van der Waals surface area contributed by atoms with Gasteiger partial charge in [-0.05, 0) is 71.8 Å². The molecule has 3 heteroatoms. The zero-order valence-electron chi connectivity index (χ0n) is 24.3. The maximum absolute atomic E-state index is 2.48. The highest BCUT2D eigenvalue weighted by molar-refractivity contribution is 7.25. The smallest absolute Gasteiger partial charge is 0.0562 e. The molecule has 3 aromatic heterocycles. The van der Waals surface area contributed by atoms with Crippen LogP contribution in [0.2, 0.25) is 0 Å². The van der Waals surface area contributed by atoms with Gasteiger partial charge in [0, 0.05) is 53.1 Å². The van der Waals surface area contributed by atoms with Gasteiger partial charge in [-0.2, -0.15) is 0 Å². The van der Waals surface area contributed by atoms with Gasteiger partial charge in [0.05, 0.1) is 22.1 Å². The van der Waals surface area contributed by atoms with Crippen molar-refractivity contribution in [2.45, 2.75) is 0 Å². The molecule has 0 saturated carbocycles. The van der Waals surface area contributed by atoms with Crippen LogP contribution in [0.5, 0.6) is 0 Å². The first-order valence-corrected chi connectivity index (χ1v) is 16.2. The van der Waals surface area contributed by atoms with Crippen LogP contribution in [-0.2, 0) is 0 Å². The van der Waals surface area contributed by atoms with E-state index in [4.69, 9.17) is 0 Å². The lowest BCUT2D eigenvalue weighted by Crippen LogP contribution is -1.96. The minimum absolute atomic E-state index is 1.16. The lowest BCUT2D eigenvalue weighted by molar-refractivity contribution is 1.17. The van der Waals surface area contributed by atoms with Crippen LogP contribution >= 0.6 is 11.3 Å². The van der Waals surface area contributed by atoms with E-state index in [1.807, 2.05) is 11.3 Å². The highest BCUT2D eigenvalue weighted by atomic mass is 32.1. The van der Waals surface area contributed by atoms with Gasteiger partial charge in [0.1, 0.15) is 0 Å². The van der Waals surface area contributed by atoms with E-state index in [0.29, 0.717) is 0 Å². The van der Waals surface area contributed by atoms with E-state index in [1.54, 1.807) is 0 Å². The summed E-state index contributed by atoms with van der Waals surface area (Å²) in [5, 5.41) is 7.74. The second-order valence-corrected chi connectivity index (χ2v) is 12.9. The Morgan fingerprint density at radius 2 is 0.911 bits per heavy atom. The molecule has 0 amide bonds. The summed E-state index contributed by atoms with van der Waals surface area (Å²) in [4.78, 5) is 0. The van der Waals surface area contributed by atoms with Crippen molar-refractivity contribution in [2.75, 3.05) is 0 Å². The molecule has 0 unspecified atom stereocenters. The number of benzene rings is 7. The molecule has 0 aliphatic heterocycles. The van der Waals surface area contributed by atoms with Crippen LogP contribution in [0.25, 0.3) is 86.3 Å². The van der Waals surface area contributed by atoms with E-state index < -0.39 is 0 Å². The summed E-state index contributed by atoms with van der Waals surface area (Å²) in [5.74, 6) is 0. The van der Waals surface area contributed by atoms with Crippen molar-refractivity contribution < 1.29 is 0 Å². The fourth-order valence-electron chi connectivity index (χ4n) is 7.28. The van der Waals surface area contributed by atoms with Gasteiger partial charge in [0.15, 0.2) is 0 Å². The highest BCUT2D eigenvalue weighted by Gasteiger charge is 2.20. The van der Waals surface area contributed by atoms with Gasteiger partial charge < -0.3 is 9.13 Å². The van der Waals surface area contributed by atoms with Crippen LogP contribution in [0.1, 0.15) is 0 Å². The highest BCUT2D eigenvalue weighted by Crippen LogP contribution is 2.43. The number of hydrogen-bond acceptors (Lipinski definition) is 1. The molecule has 0 fully saturated rings. The van der Waals surface area contributed by atoms with E-state index in [-0.39, 0.29) is 0 Å². The normalized spacial score (nSPS) is 12.0. The third kappa shape index (κ3) is 3.62. The van der Waals surface area contributed by atoms with Gasteiger partial charge in [-0.3, -0.25) is 0 Å². The Hall–Kier alpha value is -5.64. The SMILES string of the molecule is c1ccc(-c2cccc(-n3c4cc5c(cc4c4cc6c7ccccc7n(-c7ccccc7)c6cc43)sc3ccccc35)c2)cc1. The van der Waals surface area contributed by atoms with Crippen LogP contribution in [0, 0.1) is 0 Å². The standard InChI is InChI=1S/C42H26N2S/c1-3-12-27(13-4-1)28-14-11-17-30(22-28)44-38-24-36-32-19-8-10-21-41(32)45-42(36)25-35(38)34-23-33-31-18-7-9-20-37(31)43(39(33)26-40(34)44)29-15-5-2-6-16-29/h1-26H. The molecule has 0 aliphatic carbocycles. The maximum atomic E-state index is 2.48. The molecule has 0 radical (unpaired) electrons. The van der Waals surface area contributed by atoms with Crippen molar-refractivity contribution in [1.29, 1.82) is 0 Å². The minimum Gasteiger partial charge on any atom is -0.309 e. The Kier molecular flexibility index (Phi) is 5.19. The monoisotopic (exact) mass is 590 g/mol. The molecule has 0 bridgehead atoms.